The molecule has 3 nitrogen and oxygen atoms in total. The second-order valence-electron chi connectivity index (χ2n) is 15.9. The first-order chi connectivity index (χ1) is 29.8. The van der Waals surface area contributed by atoms with Gasteiger partial charge in [-0.1, -0.05) is 152 Å². The van der Waals surface area contributed by atoms with Crippen LogP contribution < -0.4 is 0 Å². The zero-order chi connectivity index (χ0) is 39.1. The zero-order valence-electron chi connectivity index (χ0n) is 32.0. The lowest BCUT2D eigenvalue weighted by molar-refractivity contribution is 0.653. The highest BCUT2D eigenvalue weighted by molar-refractivity contribution is 7.27. The molecule has 0 amide bonds. The lowest BCUT2D eigenvalue weighted by Crippen LogP contribution is -1.97. The van der Waals surface area contributed by atoms with Crippen molar-refractivity contribution in [2.24, 2.45) is 0 Å². The summed E-state index contributed by atoms with van der Waals surface area (Å²) < 4.78 is 9.09. The molecule has 0 atom stereocenters. The number of rotatable bonds is 2. The Balaban J connectivity index is 1.19. The predicted octanol–water partition coefficient (Wildman–Crippen LogP) is 16.2. The van der Waals surface area contributed by atoms with Crippen LogP contribution in [0.4, 0.5) is 0 Å². The van der Waals surface area contributed by atoms with Crippen LogP contribution in [0.3, 0.4) is 0 Å². The molecule has 0 N–H and O–H groups in total. The normalized spacial score (nSPS) is 12.3. The first-order valence-electron chi connectivity index (χ1n) is 20.4. The van der Waals surface area contributed by atoms with Crippen LogP contribution in [0, 0.1) is 0 Å². The molecule has 0 unspecified atom stereocenters. The van der Waals surface area contributed by atoms with Crippen LogP contribution in [0.15, 0.2) is 186 Å². The summed E-state index contributed by atoms with van der Waals surface area (Å²) in [6.45, 7) is 0. The Morgan fingerprint density at radius 2 is 0.933 bits per heavy atom. The molecule has 0 bridgehead atoms. The van der Waals surface area contributed by atoms with E-state index >= 15 is 0 Å². The van der Waals surface area contributed by atoms with Gasteiger partial charge in [0.15, 0.2) is 0 Å². The van der Waals surface area contributed by atoms with E-state index in [1.165, 1.54) is 90.2 Å². The van der Waals surface area contributed by atoms with Crippen LogP contribution >= 0.6 is 11.3 Å². The van der Waals surface area contributed by atoms with Crippen LogP contribution in [-0.2, 0) is 0 Å². The van der Waals surface area contributed by atoms with Gasteiger partial charge >= 0.3 is 0 Å². The second kappa shape index (κ2) is 12.0. The monoisotopic (exact) mass is 778 g/mol. The lowest BCUT2D eigenvalue weighted by atomic mass is 9.88. The second-order valence-corrected chi connectivity index (χ2v) is 17.0. The maximum atomic E-state index is 6.56. The molecule has 0 spiro atoms. The molecular weight excluding hydrogens is 749 g/mol. The van der Waals surface area contributed by atoms with E-state index in [4.69, 9.17) is 14.4 Å². The van der Waals surface area contributed by atoms with Gasteiger partial charge in [-0.3, -0.25) is 0 Å². The van der Waals surface area contributed by atoms with Crippen molar-refractivity contribution in [2.45, 2.75) is 0 Å². The van der Waals surface area contributed by atoms with E-state index in [1.807, 2.05) is 29.5 Å². The average Bonchev–Trinajstić information content (AvgIpc) is 3.90. The maximum Gasteiger partial charge on any atom is 0.246 e. The highest BCUT2D eigenvalue weighted by Gasteiger charge is 2.25. The summed E-state index contributed by atoms with van der Waals surface area (Å²) in [6.07, 6.45) is 0. The molecule has 3 heterocycles. The Morgan fingerprint density at radius 1 is 0.367 bits per heavy atom. The number of aromatic nitrogens is 2. The standard InChI is InChI=1S/C56H30N2OS/c1-3-15-34-31(13-1)26-28-47-49(34)50-42-22-10-9-21-41(42)48-35-16-4-2-14-32(35)29-45(51(48)55(50)60-47)53-52(57-54-43-23-11-12-24-46(43)59-56(54)58-53)33-25-27-40-38-19-6-5-17-36(38)37-18-7-8-20-39(37)44(40)30-33/h1-30H. The molecule has 60 heavy (non-hydrogen) atoms. The summed E-state index contributed by atoms with van der Waals surface area (Å²) in [6, 6.07) is 66.0. The maximum absolute atomic E-state index is 6.56. The molecule has 0 saturated heterocycles. The third kappa shape index (κ3) is 4.32. The van der Waals surface area contributed by atoms with E-state index < -0.39 is 0 Å². The van der Waals surface area contributed by atoms with E-state index in [1.54, 1.807) is 0 Å². The topological polar surface area (TPSA) is 38.9 Å². The minimum Gasteiger partial charge on any atom is -0.436 e. The van der Waals surface area contributed by atoms with Gasteiger partial charge in [0, 0.05) is 42.1 Å². The molecule has 3 aromatic heterocycles. The number of thiophene rings is 1. The Labute approximate surface area is 346 Å². The largest absolute Gasteiger partial charge is 0.436 e. The van der Waals surface area contributed by atoms with Gasteiger partial charge in [0.05, 0.1) is 5.69 Å². The molecule has 0 fully saturated rings. The van der Waals surface area contributed by atoms with Gasteiger partial charge in [-0.05, 0) is 100 Å². The molecule has 276 valence electrons. The van der Waals surface area contributed by atoms with E-state index in [-0.39, 0.29) is 0 Å². The Hall–Kier alpha value is -7.66. The molecular formula is C56H30N2OS. The van der Waals surface area contributed by atoms with Crippen molar-refractivity contribution in [3.05, 3.63) is 182 Å². The van der Waals surface area contributed by atoms with Gasteiger partial charge in [-0.15, -0.1) is 11.3 Å². The van der Waals surface area contributed by atoms with Crippen molar-refractivity contribution < 1.29 is 4.42 Å². The van der Waals surface area contributed by atoms with Crippen molar-refractivity contribution in [3.8, 4) is 22.5 Å². The highest BCUT2D eigenvalue weighted by Crippen LogP contribution is 2.51. The SMILES string of the molecule is c1ccc2c(c1)cc(-c1nc3oc4ccccc4c3nc1-c1ccc3c4ccccc4c4ccccc4c3c1)c1c3sc4ccc5ccccc5c4c3c3ccccc3c21. The number of benzene rings is 11. The summed E-state index contributed by atoms with van der Waals surface area (Å²) in [5, 5.41) is 20.7. The molecule has 0 aliphatic carbocycles. The van der Waals surface area contributed by atoms with Crippen molar-refractivity contribution in [2.75, 3.05) is 0 Å². The predicted molar refractivity (Wildman–Crippen MR) is 256 cm³/mol. The smallest absolute Gasteiger partial charge is 0.246 e. The number of para-hydroxylation sites is 1. The van der Waals surface area contributed by atoms with Gasteiger partial charge in [-0.25, -0.2) is 9.97 Å². The third-order valence-corrected chi connectivity index (χ3v) is 14.0. The van der Waals surface area contributed by atoms with E-state index in [9.17, 15) is 0 Å². The van der Waals surface area contributed by atoms with Crippen LogP contribution in [0.1, 0.15) is 0 Å². The van der Waals surface area contributed by atoms with Gasteiger partial charge < -0.3 is 4.42 Å². The Kier molecular flexibility index (Phi) is 6.44. The number of hydrogen-bond acceptors (Lipinski definition) is 4. The van der Waals surface area contributed by atoms with Gasteiger partial charge in [-0.2, -0.15) is 0 Å². The number of nitrogens with zero attached hydrogens (tertiary/aromatic N) is 2. The minimum atomic E-state index is 0.535. The summed E-state index contributed by atoms with van der Waals surface area (Å²) in [7, 11) is 0. The van der Waals surface area contributed by atoms with E-state index in [0.29, 0.717) is 5.71 Å². The molecule has 0 aliphatic heterocycles. The summed E-state index contributed by atoms with van der Waals surface area (Å²) >= 11 is 1.88. The van der Waals surface area contributed by atoms with Crippen LogP contribution in [0.25, 0.3) is 140 Å². The first kappa shape index (κ1) is 32.3. The molecule has 11 aromatic carbocycles. The van der Waals surface area contributed by atoms with Crippen molar-refractivity contribution in [1.29, 1.82) is 0 Å². The fourth-order valence-corrected chi connectivity index (χ4v) is 11.5. The molecule has 14 aromatic rings. The van der Waals surface area contributed by atoms with Gasteiger partial charge in [0.2, 0.25) is 5.71 Å². The summed E-state index contributed by atoms with van der Waals surface area (Å²) in [4.78, 5) is 11.2. The van der Waals surface area contributed by atoms with Crippen LogP contribution in [-0.4, -0.2) is 9.97 Å². The van der Waals surface area contributed by atoms with E-state index in [2.05, 4.69) is 164 Å². The first-order valence-corrected chi connectivity index (χ1v) is 21.2. The zero-order valence-corrected chi connectivity index (χ0v) is 32.8. The van der Waals surface area contributed by atoms with Crippen molar-refractivity contribution >= 4 is 129 Å². The quantitative estimate of drug-likeness (QED) is 0.164. The van der Waals surface area contributed by atoms with Gasteiger partial charge in [0.1, 0.15) is 16.8 Å². The van der Waals surface area contributed by atoms with Gasteiger partial charge in [0.25, 0.3) is 0 Å². The number of furan rings is 1. The molecule has 4 heteroatoms. The van der Waals surface area contributed by atoms with E-state index in [0.717, 1.165) is 44.4 Å². The van der Waals surface area contributed by atoms with Crippen LogP contribution in [0.2, 0.25) is 0 Å². The molecule has 14 rings (SSSR count). The molecule has 0 aliphatic rings. The van der Waals surface area contributed by atoms with Crippen molar-refractivity contribution in [3.63, 3.8) is 0 Å². The van der Waals surface area contributed by atoms with Crippen molar-refractivity contribution in [1.82, 2.24) is 9.97 Å². The Morgan fingerprint density at radius 3 is 1.67 bits per heavy atom. The van der Waals surface area contributed by atoms with Crippen LogP contribution in [0.5, 0.6) is 0 Å². The molecule has 0 saturated carbocycles. The lowest BCUT2D eigenvalue weighted by Gasteiger charge is -2.17. The third-order valence-electron chi connectivity index (χ3n) is 12.8. The summed E-state index contributed by atoms with van der Waals surface area (Å²) in [5.41, 5.74) is 5.77. The number of fused-ring (bicyclic) bond motifs is 21. The molecule has 0 radical (unpaired) electrons. The highest BCUT2D eigenvalue weighted by atomic mass is 32.1. The average molecular weight is 779 g/mol. The fraction of sp³-hybridized carbons (Fsp3) is 0. The minimum absolute atomic E-state index is 0.535. The fourth-order valence-electron chi connectivity index (χ4n) is 10.2. The Bertz CT molecular complexity index is 4160. The summed E-state index contributed by atoms with van der Waals surface area (Å²) in [5.74, 6) is 0. The number of hydrogen-bond donors (Lipinski definition) is 0.